The predicted molar refractivity (Wildman–Crippen MR) is 386 cm³/mol. The van der Waals surface area contributed by atoms with Crippen LogP contribution < -0.4 is 76.9 Å². The van der Waals surface area contributed by atoms with Crippen molar-refractivity contribution in [3.8, 4) is 5.75 Å². The fourth-order valence-corrected chi connectivity index (χ4v) is 11.7. The summed E-state index contributed by atoms with van der Waals surface area (Å²) in [6.45, 7) is 17.4. The smallest absolute Gasteiger partial charge is 0.328 e. The average Bonchev–Trinajstić information content (AvgIpc) is 0.811. The third-order valence-corrected chi connectivity index (χ3v) is 18.5. The minimum absolute atomic E-state index is 0.00975. The number of ether oxygens (including phenoxy) is 2. The summed E-state index contributed by atoms with van der Waals surface area (Å²) in [5.74, 6) is -19.8. The number of guanidine groups is 2. The van der Waals surface area contributed by atoms with Gasteiger partial charge < -0.3 is 122 Å². The average molecular weight is 1510 g/mol. The number of hydrogen-bond acceptors (Lipinski definition) is 22. The Morgan fingerprint density at radius 2 is 1.19 bits per heavy atom. The second kappa shape index (κ2) is 43.8. The van der Waals surface area contributed by atoms with E-state index in [9.17, 15) is 73.5 Å². The van der Waals surface area contributed by atoms with Gasteiger partial charge in [0.2, 0.25) is 65.0 Å². The molecule has 0 aliphatic carbocycles. The number of carbonyl (C=O) groups excluding carboxylic acids is 13. The largest absolute Gasteiger partial charge is 0.508 e. The molecule has 1 aliphatic heterocycles. The predicted octanol–water partition coefficient (Wildman–Crippen LogP) is -5.44. The van der Waals surface area contributed by atoms with Gasteiger partial charge in [0.25, 0.3) is 5.91 Å². The van der Waals surface area contributed by atoms with Crippen LogP contribution in [0.3, 0.4) is 0 Å². The number of cyclic esters (lactones) is 1. The van der Waals surface area contributed by atoms with Crippen LogP contribution in [0.1, 0.15) is 146 Å². The number of primary amides is 2. The van der Waals surface area contributed by atoms with Gasteiger partial charge in [-0.2, -0.15) is 0 Å². The molecule has 38 nitrogen and oxygen atoms in total. The number of esters is 1. The Morgan fingerprint density at radius 3 is 1.72 bits per heavy atom. The zero-order chi connectivity index (χ0) is 81.1. The summed E-state index contributed by atoms with van der Waals surface area (Å²) in [7, 11) is 3.47. The van der Waals surface area contributed by atoms with E-state index in [0.717, 1.165) is 37.6 Å². The van der Waals surface area contributed by atoms with Crippen molar-refractivity contribution in [1.82, 2.24) is 52.3 Å². The normalized spacial score (nSPS) is 23.2. The molecule has 1 saturated heterocycles. The summed E-state index contributed by atoms with van der Waals surface area (Å²) in [4.78, 5) is 196. The summed E-state index contributed by atoms with van der Waals surface area (Å²) in [6, 6.07) is -12.6. The van der Waals surface area contributed by atoms with E-state index < -0.39 is 204 Å². The molecule has 0 bridgehead atoms. The van der Waals surface area contributed by atoms with Gasteiger partial charge in [-0.05, 0) is 114 Å². The van der Waals surface area contributed by atoms with Crippen molar-refractivity contribution >= 4 is 88.8 Å². The SMILES string of the molecule is CO[C@H](c1ccc(O)cc1)[C@H]1NC(=O)[C@H](CCC(N)=O)N(C)C(=O)[C@H](CC(C)C)NC(=O)[C@@H](CCCN=C(N)N)NC(=O)[C@@H]([C@@H](C)O)NC(=O)[C@H](NC(=O)[C@@H](NC(=O)[C@H](O)[C@H](O)[C@H](CCCN=C(N)N)NC(=O)[C@@H](C)NC(=O)[C@H](C)[C@H](O)[C@H](C)CC(C)C)[C@@H](C)[C@@H](C)C(N)=O)[C@@H](C)OC(=O)[C@H](C)N(C)C1=O. The highest BCUT2D eigenvalue weighted by Gasteiger charge is 2.45. The van der Waals surface area contributed by atoms with E-state index in [-0.39, 0.29) is 86.2 Å². The molecule has 1 heterocycles. The standard InChI is InChI=1S/C68H116N18O20/c1-30(2)28-32(5)51(90)35(8)56(94)77-36(9)57(95)78-42(18-16-26-75-67(71)72)52(91)53(92)63(101)81-47(33(6)34(7)55(70)93)60(98)83-49-39(12)106-66(104)37(10)85(13)65(103)50(54(105-15)40-20-22-41(88)23-21-40)84-59(97)45(24-25-46(69)89)86(14)64(102)44(29-31(3)4)80-58(96)43(19-17-27-76-68(73)74)79-61(99)48(38(11)87)82-62(49)100/h20-23,30-39,42-45,47-54,87-88,90-92H,16-19,24-29H2,1-15H3,(H2,69,89)(H2,70,93)(H,77,94)(H,78,95)(H,79,99)(H,80,96)(H,81,101)(H,82,100)(H,83,98)(H,84,97)(H4,71,72,75)(H4,73,74,76)/t32-,33+,34-,35-,36-,37+,38-,39-,42+,43-,44+,45+,47+,48-,49-,50-,51-,52-,53-,54-/m1/s1. The van der Waals surface area contributed by atoms with Crippen LogP contribution in [0.15, 0.2) is 34.3 Å². The number of aliphatic hydroxyl groups excluding tert-OH is 4. The molecule has 1 aromatic carbocycles. The van der Waals surface area contributed by atoms with Crippen LogP contribution in [0, 0.1) is 35.5 Å². The summed E-state index contributed by atoms with van der Waals surface area (Å²) < 4.78 is 11.7. The molecular formula is C68H116N18O20. The lowest BCUT2D eigenvalue weighted by Crippen LogP contribution is -2.65. The van der Waals surface area contributed by atoms with Crippen LogP contribution in [0.2, 0.25) is 0 Å². The number of aliphatic hydroxyl groups is 4. The van der Waals surface area contributed by atoms with E-state index in [0.29, 0.717) is 6.42 Å². The first-order chi connectivity index (χ1) is 49.3. The number of likely N-dealkylation sites (N-methyl/N-ethyl adjacent to an activating group) is 2. The van der Waals surface area contributed by atoms with Crippen LogP contribution in [-0.4, -0.2) is 249 Å². The summed E-state index contributed by atoms with van der Waals surface area (Å²) in [5.41, 5.74) is 33.6. The number of methoxy groups -OCH3 is 1. The monoisotopic (exact) mass is 1500 g/mol. The van der Waals surface area contributed by atoms with Crippen molar-refractivity contribution in [2.45, 2.75) is 231 Å². The van der Waals surface area contributed by atoms with Crippen LogP contribution in [-0.2, 0) is 71.8 Å². The van der Waals surface area contributed by atoms with E-state index in [2.05, 4.69) is 52.5 Å². The molecular weight excluding hydrogens is 1390 g/mol. The molecule has 20 atom stereocenters. The molecule has 0 spiro atoms. The fraction of sp³-hybridized carbons (Fsp3) is 0.691. The number of nitrogens with one attached hydrogen (secondary N) is 8. The lowest BCUT2D eigenvalue weighted by Gasteiger charge is -2.36. The third kappa shape index (κ3) is 28.7. The summed E-state index contributed by atoms with van der Waals surface area (Å²) >= 11 is 0. The highest BCUT2D eigenvalue weighted by atomic mass is 16.5. The quantitative estimate of drug-likeness (QED) is 0.0132. The van der Waals surface area contributed by atoms with Crippen LogP contribution in [0.4, 0.5) is 0 Å². The molecule has 0 unspecified atom stereocenters. The zero-order valence-corrected chi connectivity index (χ0v) is 63.2. The molecule has 38 heteroatoms. The Morgan fingerprint density at radius 1 is 0.623 bits per heavy atom. The van der Waals surface area contributed by atoms with E-state index in [1.54, 1.807) is 20.8 Å². The Balaban J connectivity index is 3.02. The van der Waals surface area contributed by atoms with Crippen LogP contribution in [0.5, 0.6) is 5.75 Å². The first-order valence-electron chi connectivity index (χ1n) is 35.2. The van der Waals surface area contributed by atoms with Crippen molar-refractivity contribution in [3.63, 3.8) is 0 Å². The molecule has 1 aromatic rings. The molecule has 0 radical (unpaired) electrons. The number of phenolic OH excluding ortho intramolecular Hbond substituents is 1. The van der Waals surface area contributed by atoms with E-state index in [1.807, 2.05) is 13.8 Å². The van der Waals surface area contributed by atoms with Crippen molar-refractivity contribution in [1.29, 1.82) is 0 Å². The first kappa shape index (κ1) is 92.6. The minimum atomic E-state index is -2.58. The van der Waals surface area contributed by atoms with E-state index in [1.165, 1.54) is 66.1 Å². The minimum Gasteiger partial charge on any atom is -0.508 e. The maximum absolute atomic E-state index is 15.1. The Bertz CT molecular complexity index is 3230. The number of nitrogens with zero attached hydrogens (tertiary/aromatic N) is 4. The lowest BCUT2D eigenvalue weighted by atomic mass is 9.87. The maximum atomic E-state index is 15.1. The van der Waals surface area contributed by atoms with Crippen molar-refractivity contribution in [3.05, 3.63) is 29.8 Å². The van der Waals surface area contributed by atoms with Crippen LogP contribution in [0.25, 0.3) is 0 Å². The number of amides is 12. The van der Waals surface area contributed by atoms with Crippen molar-refractivity contribution in [2.24, 2.45) is 79.9 Å². The first-order valence-corrected chi connectivity index (χ1v) is 35.2. The van der Waals surface area contributed by atoms with Gasteiger partial charge in [0.1, 0.15) is 78.4 Å². The molecule has 106 heavy (non-hydrogen) atoms. The van der Waals surface area contributed by atoms with Crippen LogP contribution >= 0.6 is 0 Å². The van der Waals surface area contributed by atoms with Gasteiger partial charge in [-0.15, -0.1) is 0 Å². The summed E-state index contributed by atoms with van der Waals surface area (Å²) in [6.07, 6.45) is -12.4. The highest BCUT2D eigenvalue weighted by molar-refractivity contribution is 5.99. The van der Waals surface area contributed by atoms with Gasteiger partial charge in [-0.3, -0.25) is 67.5 Å². The second-order valence-electron chi connectivity index (χ2n) is 28.0. The molecule has 1 fully saturated rings. The number of benzene rings is 1. The molecule has 1 aliphatic rings. The number of phenols is 1. The number of carbonyl (C=O) groups is 13. The van der Waals surface area contributed by atoms with Gasteiger partial charge in [0.05, 0.1) is 24.2 Å². The van der Waals surface area contributed by atoms with E-state index >= 15 is 14.4 Å². The third-order valence-electron chi connectivity index (χ3n) is 18.5. The molecule has 0 saturated carbocycles. The zero-order valence-electron chi connectivity index (χ0n) is 63.2. The second-order valence-corrected chi connectivity index (χ2v) is 28.0. The highest BCUT2D eigenvalue weighted by Crippen LogP contribution is 2.27. The fourth-order valence-electron chi connectivity index (χ4n) is 11.7. The van der Waals surface area contributed by atoms with Gasteiger partial charge in [0.15, 0.2) is 18.0 Å². The summed E-state index contributed by atoms with van der Waals surface area (Å²) in [5, 5.41) is 75.7. The Hall–Kier alpha value is -9.53. The van der Waals surface area contributed by atoms with Gasteiger partial charge in [0, 0.05) is 46.6 Å². The number of hydrogen-bond donors (Lipinski definition) is 19. The van der Waals surface area contributed by atoms with Gasteiger partial charge in [-0.25, -0.2) is 4.79 Å². The Kier molecular flexibility index (Phi) is 38.2. The number of aliphatic imine (C=N–C) groups is 2. The van der Waals surface area contributed by atoms with Crippen molar-refractivity contribution in [2.75, 3.05) is 34.3 Å². The Labute approximate surface area is 617 Å². The topological polar surface area (TPSA) is 625 Å². The van der Waals surface area contributed by atoms with Crippen molar-refractivity contribution < 1.29 is 97.3 Å². The molecule has 598 valence electrons. The number of aromatic hydroxyl groups is 1. The molecule has 0 aromatic heterocycles. The molecule has 2 rings (SSSR count). The molecule has 12 amide bonds. The number of rotatable bonds is 34. The van der Waals surface area contributed by atoms with E-state index in [4.69, 9.17) is 43.9 Å². The van der Waals surface area contributed by atoms with Gasteiger partial charge in [-0.1, -0.05) is 67.5 Å². The lowest BCUT2D eigenvalue weighted by molar-refractivity contribution is -0.162. The van der Waals surface area contributed by atoms with Gasteiger partial charge >= 0.3 is 5.97 Å². The maximum Gasteiger partial charge on any atom is 0.328 e. The molecule has 25 N–H and O–H groups in total. The number of nitrogens with two attached hydrogens (primary N) is 6.